The Labute approximate surface area is 100 Å². The van der Waals surface area contributed by atoms with Crippen LogP contribution in [0.15, 0.2) is 0 Å². The zero-order valence-electron chi connectivity index (χ0n) is 10.0. The van der Waals surface area contributed by atoms with Gasteiger partial charge in [-0.2, -0.15) is 0 Å². The van der Waals surface area contributed by atoms with E-state index in [1.807, 2.05) is 0 Å². The molecule has 0 radical (unpaired) electrons. The van der Waals surface area contributed by atoms with E-state index in [-0.39, 0.29) is 5.41 Å². The summed E-state index contributed by atoms with van der Waals surface area (Å²) in [5.74, 6) is -1.24. The SMILES string of the molecule is CC1(CNC(=O)NC(CO)C(=O)O)CCCC1. The Balaban J connectivity index is 2.31. The van der Waals surface area contributed by atoms with Gasteiger partial charge >= 0.3 is 12.0 Å². The Morgan fingerprint density at radius 2 is 1.94 bits per heavy atom. The highest BCUT2D eigenvalue weighted by atomic mass is 16.4. The summed E-state index contributed by atoms with van der Waals surface area (Å²) in [5, 5.41) is 22.3. The van der Waals surface area contributed by atoms with Gasteiger partial charge in [-0.25, -0.2) is 9.59 Å². The monoisotopic (exact) mass is 244 g/mol. The Hall–Kier alpha value is -1.30. The van der Waals surface area contributed by atoms with Crippen molar-refractivity contribution < 1.29 is 19.8 Å². The number of carbonyl (C=O) groups is 2. The van der Waals surface area contributed by atoms with E-state index >= 15 is 0 Å². The van der Waals surface area contributed by atoms with Crippen LogP contribution in [0, 0.1) is 5.41 Å². The lowest BCUT2D eigenvalue weighted by Crippen LogP contribution is -2.49. The van der Waals surface area contributed by atoms with Crippen LogP contribution in [-0.2, 0) is 4.79 Å². The second-order valence-electron chi connectivity index (χ2n) is 4.92. The number of carboxylic acids is 1. The highest BCUT2D eigenvalue weighted by molar-refractivity contribution is 5.82. The Bertz CT molecular complexity index is 287. The molecule has 17 heavy (non-hydrogen) atoms. The number of nitrogens with one attached hydrogen (secondary N) is 2. The summed E-state index contributed by atoms with van der Waals surface area (Å²) in [5.41, 5.74) is 0.120. The van der Waals surface area contributed by atoms with Crippen molar-refractivity contribution in [3.63, 3.8) is 0 Å². The maximum absolute atomic E-state index is 11.4. The van der Waals surface area contributed by atoms with Gasteiger partial charge in [0.1, 0.15) is 0 Å². The van der Waals surface area contributed by atoms with E-state index in [9.17, 15) is 9.59 Å². The summed E-state index contributed by atoms with van der Waals surface area (Å²) in [6.07, 6.45) is 4.51. The molecule has 0 bridgehead atoms. The maximum Gasteiger partial charge on any atom is 0.328 e. The molecule has 1 aliphatic carbocycles. The van der Waals surface area contributed by atoms with Crippen molar-refractivity contribution in [3.8, 4) is 0 Å². The number of amides is 2. The van der Waals surface area contributed by atoms with Gasteiger partial charge in [0.05, 0.1) is 6.61 Å². The van der Waals surface area contributed by atoms with E-state index in [1.165, 1.54) is 12.8 Å². The van der Waals surface area contributed by atoms with Gasteiger partial charge < -0.3 is 20.8 Å². The van der Waals surface area contributed by atoms with Crippen LogP contribution >= 0.6 is 0 Å². The van der Waals surface area contributed by atoms with E-state index < -0.39 is 24.6 Å². The van der Waals surface area contributed by atoms with Crippen LogP contribution in [0.2, 0.25) is 0 Å². The molecule has 0 aliphatic heterocycles. The maximum atomic E-state index is 11.4. The standard InChI is InChI=1S/C11H20N2O4/c1-11(4-2-3-5-11)7-12-10(17)13-8(6-14)9(15)16/h8,14H,2-7H2,1H3,(H,15,16)(H2,12,13,17). The summed E-state index contributed by atoms with van der Waals surface area (Å²) >= 11 is 0. The Morgan fingerprint density at radius 1 is 1.35 bits per heavy atom. The number of urea groups is 1. The summed E-state index contributed by atoms with van der Waals surface area (Å²) < 4.78 is 0. The molecule has 1 fully saturated rings. The van der Waals surface area contributed by atoms with Crippen LogP contribution in [-0.4, -0.2) is 41.4 Å². The number of carbonyl (C=O) groups excluding carboxylic acids is 1. The van der Waals surface area contributed by atoms with Gasteiger partial charge in [-0.05, 0) is 18.3 Å². The number of hydrogen-bond acceptors (Lipinski definition) is 3. The molecule has 1 aliphatic rings. The van der Waals surface area contributed by atoms with Crippen LogP contribution in [0.5, 0.6) is 0 Å². The Kier molecular flexibility index (Phi) is 4.74. The van der Waals surface area contributed by atoms with Gasteiger partial charge in [0.2, 0.25) is 0 Å². The molecule has 4 N–H and O–H groups in total. The first kappa shape index (κ1) is 13.8. The molecule has 0 heterocycles. The predicted octanol–water partition coefficient (Wildman–Crippen LogP) is 0.311. The fourth-order valence-corrected chi connectivity index (χ4v) is 2.09. The summed E-state index contributed by atoms with van der Waals surface area (Å²) in [4.78, 5) is 22.0. The van der Waals surface area contributed by atoms with E-state index in [0.29, 0.717) is 6.54 Å². The quantitative estimate of drug-likeness (QED) is 0.559. The second-order valence-corrected chi connectivity index (χ2v) is 4.92. The van der Waals surface area contributed by atoms with E-state index in [2.05, 4.69) is 17.6 Å². The lowest BCUT2D eigenvalue weighted by molar-refractivity contribution is -0.140. The van der Waals surface area contributed by atoms with Gasteiger partial charge in [0.15, 0.2) is 6.04 Å². The molecular formula is C11H20N2O4. The molecule has 1 unspecified atom stereocenters. The molecule has 0 saturated heterocycles. The van der Waals surface area contributed by atoms with Crippen molar-refractivity contribution in [1.82, 2.24) is 10.6 Å². The first-order valence-electron chi connectivity index (χ1n) is 5.85. The van der Waals surface area contributed by atoms with E-state index in [4.69, 9.17) is 10.2 Å². The third-order valence-electron chi connectivity index (χ3n) is 3.27. The number of aliphatic hydroxyl groups is 1. The van der Waals surface area contributed by atoms with Gasteiger partial charge in [-0.3, -0.25) is 0 Å². The fourth-order valence-electron chi connectivity index (χ4n) is 2.09. The summed E-state index contributed by atoms with van der Waals surface area (Å²) in [7, 11) is 0. The molecule has 1 atom stereocenters. The first-order valence-corrected chi connectivity index (χ1v) is 5.85. The average Bonchev–Trinajstić information content (AvgIpc) is 2.70. The largest absolute Gasteiger partial charge is 0.480 e. The van der Waals surface area contributed by atoms with Crippen molar-refractivity contribution in [1.29, 1.82) is 0 Å². The zero-order valence-corrected chi connectivity index (χ0v) is 10.0. The molecular weight excluding hydrogens is 224 g/mol. The average molecular weight is 244 g/mol. The third kappa shape index (κ3) is 4.22. The number of aliphatic hydroxyl groups excluding tert-OH is 1. The normalized spacial score (nSPS) is 19.6. The van der Waals surface area contributed by atoms with Crippen molar-refractivity contribution in [2.45, 2.75) is 38.6 Å². The van der Waals surface area contributed by atoms with E-state index in [0.717, 1.165) is 12.8 Å². The number of aliphatic carboxylic acids is 1. The Morgan fingerprint density at radius 3 is 2.41 bits per heavy atom. The molecule has 98 valence electrons. The molecule has 2 amide bonds. The van der Waals surface area contributed by atoms with E-state index in [1.54, 1.807) is 0 Å². The van der Waals surface area contributed by atoms with Crippen molar-refractivity contribution in [2.75, 3.05) is 13.2 Å². The fraction of sp³-hybridized carbons (Fsp3) is 0.818. The third-order valence-corrected chi connectivity index (χ3v) is 3.27. The van der Waals surface area contributed by atoms with Crippen LogP contribution < -0.4 is 10.6 Å². The van der Waals surface area contributed by atoms with Gasteiger partial charge in [-0.1, -0.05) is 19.8 Å². The molecule has 0 spiro atoms. The van der Waals surface area contributed by atoms with Gasteiger partial charge in [0.25, 0.3) is 0 Å². The van der Waals surface area contributed by atoms with Crippen LogP contribution in [0.25, 0.3) is 0 Å². The zero-order chi connectivity index (χ0) is 12.9. The first-order chi connectivity index (χ1) is 7.97. The number of hydrogen-bond donors (Lipinski definition) is 4. The molecule has 1 saturated carbocycles. The van der Waals surface area contributed by atoms with Crippen molar-refractivity contribution >= 4 is 12.0 Å². The van der Waals surface area contributed by atoms with Crippen molar-refractivity contribution in [3.05, 3.63) is 0 Å². The summed E-state index contributed by atoms with van der Waals surface area (Å²) in [6.45, 7) is 2.04. The molecule has 6 nitrogen and oxygen atoms in total. The molecule has 6 heteroatoms. The number of rotatable bonds is 5. The smallest absolute Gasteiger partial charge is 0.328 e. The summed E-state index contributed by atoms with van der Waals surface area (Å²) in [6, 6.07) is -1.79. The highest BCUT2D eigenvalue weighted by Crippen LogP contribution is 2.36. The molecule has 0 aromatic rings. The minimum atomic E-state index is -1.24. The minimum absolute atomic E-state index is 0.120. The topological polar surface area (TPSA) is 98.7 Å². The van der Waals surface area contributed by atoms with Crippen LogP contribution in [0.3, 0.4) is 0 Å². The lowest BCUT2D eigenvalue weighted by atomic mass is 9.89. The van der Waals surface area contributed by atoms with Crippen molar-refractivity contribution in [2.24, 2.45) is 5.41 Å². The predicted molar refractivity (Wildman–Crippen MR) is 61.6 cm³/mol. The lowest BCUT2D eigenvalue weighted by Gasteiger charge is -2.24. The van der Waals surface area contributed by atoms with Crippen LogP contribution in [0.4, 0.5) is 4.79 Å². The highest BCUT2D eigenvalue weighted by Gasteiger charge is 2.29. The molecule has 1 rings (SSSR count). The van der Waals surface area contributed by atoms with Gasteiger partial charge in [0, 0.05) is 6.54 Å². The molecule has 0 aromatic carbocycles. The van der Waals surface area contributed by atoms with Crippen LogP contribution in [0.1, 0.15) is 32.6 Å². The number of carboxylic acid groups (broad SMARTS) is 1. The second kappa shape index (κ2) is 5.86. The molecule has 0 aromatic heterocycles. The van der Waals surface area contributed by atoms with Gasteiger partial charge in [-0.15, -0.1) is 0 Å². The minimum Gasteiger partial charge on any atom is -0.480 e.